The van der Waals surface area contributed by atoms with Crippen LogP contribution in [0.1, 0.15) is 43.9 Å². The Morgan fingerprint density at radius 2 is 1.88 bits per heavy atom. The summed E-state index contributed by atoms with van der Waals surface area (Å²) in [7, 11) is 1.44. The highest BCUT2D eigenvalue weighted by atomic mass is 35.5. The van der Waals surface area contributed by atoms with Gasteiger partial charge in [-0.2, -0.15) is 13.2 Å². The van der Waals surface area contributed by atoms with E-state index in [0.29, 0.717) is 11.7 Å². The molecule has 2 atom stereocenters. The Morgan fingerprint density at radius 1 is 1.24 bits per heavy atom. The molecule has 1 heterocycles. The number of benzene rings is 1. The normalized spacial score (nSPS) is 18.3. The lowest BCUT2D eigenvalue weighted by Crippen LogP contribution is -2.46. The molecule has 7 heteroatoms. The first-order chi connectivity index (χ1) is 11.4. The highest BCUT2D eigenvalue weighted by Crippen LogP contribution is 2.40. The van der Waals surface area contributed by atoms with E-state index in [4.69, 9.17) is 4.74 Å². The lowest BCUT2D eigenvalue weighted by atomic mass is 9.88. The second kappa shape index (κ2) is 9.64. The molecule has 1 unspecified atom stereocenters. The Kier molecular flexibility index (Phi) is 8.51. The number of nitrogens with zero attached hydrogens (tertiary/aromatic N) is 1. The number of alkyl halides is 3. The average Bonchev–Trinajstić information content (AvgIpc) is 2.55. The van der Waals surface area contributed by atoms with Crippen molar-refractivity contribution in [1.82, 2.24) is 10.2 Å². The molecule has 0 aliphatic carbocycles. The molecule has 144 valence electrons. The van der Waals surface area contributed by atoms with E-state index in [1.807, 2.05) is 0 Å². The third-order valence-corrected chi connectivity index (χ3v) is 4.71. The summed E-state index contributed by atoms with van der Waals surface area (Å²) in [5, 5.41) is 3.33. The smallest absolute Gasteiger partial charge is 0.416 e. The van der Waals surface area contributed by atoms with Crippen LogP contribution in [0.4, 0.5) is 13.2 Å². The van der Waals surface area contributed by atoms with Gasteiger partial charge in [0.15, 0.2) is 0 Å². The summed E-state index contributed by atoms with van der Waals surface area (Å²) >= 11 is 0. The maximum Gasteiger partial charge on any atom is 0.416 e. The Balaban J connectivity index is 0.00000312. The molecular weight excluding hydrogens is 353 g/mol. The molecule has 3 nitrogen and oxygen atoms in total. The van der Waals surface area contributed by atoms with Crippen LogP contribution in [0.15, 0.2) is 18.2 Å². The van der Waals surface area contributed by atoms with E-state index in [0.717, 1.165) is 50.7 Å². The summed E-state index contributed by atoms with van der Waals surface area (Å²) in [4.78, 5) is 2.36. The number of nitrogens with one attached hydrogen (secondary N) is 1. The van der Waals surface area contributed by atoms with Crippen molar-refractivity contribution in [2.24, 2.45) is 5.92 Å². The zero-order valence-corrected chi connectivity index (χ0v) is 15.8. The zero-order valence-electron chi connectivity index (χ0n) is 15.0. The maximum absolute atomic E-state index is 13.0. The summed E-state index contributed by atoms with van der Waals surface area (Å²) < 4.78 is 44.3. The van der Waals surface area contributed by atoms with E-state index in [9.17, 15) is 13.2 Å². The van der Waals surface area contributed by atoms with Gasteiger partial charge in [0.2, 0.25) is 0 Å². The van der Waals surface area contributed by atoms with Crippen molar-refractivity contribution < 1.29 is 17.9 Å². The van der Waals surface area contributed by atoms with Gasteiger partial charge in [0.05, 0.1) is 12.7 Å². The Morgan fingerprint density at radius 3 is 2.40 bits per heavy atom. The lowest BCUT2D eigenvalue weighted by molar-refractivity contribution is -0.137. The topological polar surface area (TPSA) is 24.5 Å². The van der Waals surface area contributed by atoms with Gasteiger partial charge in [0, 0.05) is 37.8 Å². The largest absolute Gasteiger partial charge is 0.496 e. The SMILES string of the molecule is CCCC(C)[C@@H](c1ccc(C(F)(F)F)cc1OC)N1CCNCC1.Cl. The van der Waals surface area contributed by atoms with Gasteiger partial charge in [-0.1, -0.05) is 26.3 Å². The van der Waals surface area contributed by atoms with Crippen LogP contribution in [-0.4, -0.2) is 38.2 Å². The van der Waals surface area contributed by atoms with Gasteiger partial charge in [-0.05, 0) is 24.5 Å². The first kappa shape index (κ1) is 22.1. The molecule has 25 heavy (non-hydrogen) atoms. The van der Waals surface area contributed by atoms with Crippen molar-refractivity contribution in [2.45, 2.75) is 38.9 Å². The van der Waals surface area contributed by atoms with E-state index >= 15 is 0 Å². The molecule has 2 rings (SSSR count). The van der Waals surface area contributed by atoms with E-state index in [1.165, 1.54) is 13.2 Å². The minimum Gasteiger partial charge on any atom is -0.496 e. The van der Waals surface area contributed by atoms with Crippen LogP contribution in [0.5, 0.6) is 5.75 Å². The molecule has 1 aliphatic rings. The minimum atomic E-state index is -4.36. The molecule has 0 spiro atoms. The average molecular weight is 381 g/mol. The van der Waals surface area contributed by atoms with Crippen LogP contribution in [0.25, 0.3) is 0 Å². The van der Waals surface area contributed by atoms with Crippen LogP contribution in [0.2, 0.25) is 0 Å². The van der Waals surface area contributed by atoms with Gasteiger partial charge < -0.3 is 10.1 Å². The number of ether oxygens (including phenoxy) is 1. The van der Waals surface area contributed by atoms with Crippen molar-refractivity contribution in [1.29, 1.82) is 0 Å². The Hall–Kier alpha value is -0.980. The molecule has 0 saturated carbocycles. The quantitative estimate of drug-likeness (QED) is 0.785. The number of halogens is 4. The number of rotatable bonds is 6. The van der Waals surface area contributed by atoms with Gasteiger partial charge in [0.1, 0.15) is 5.75 Å². The molecule has 1 aromatic rings. The highest BCUT2D eigenvalue weighted by Gasteiger charge is 2.34. The summed E-state index contributed by atoms with van der Waals surface area (Å²) in [5.41, 5.74) is 0.193. The third-order valence-electron chi connectivity index (χ3n) is 4.71. The molecule has 1 fully saturated rings. The van der Waals surface area contributed by atoms with Crippen molar-refractivity contribution in [3.05, 3.63) is 29.3 Å². The van der Waals surface area contributed by atoms with E-state index in [1.54, 1.807) is 6.07 Å². The fourth-order valence-electron chi connectivity index (χ4n) is 3.57. The summed E-state index contributed by atoms with van der Waals surface area (Å²) in [6.07, 6.45) is -2.28. The third kappa shape index (κ3) is 5.50. The van der Waals surface area contributed by atoms with E-state index in [2.05, 4.69) is 24.1 Å². The Labute approximate surface area is 154 Å². The molecular formula is C18H28ClF3N2O. The van der Waals surface area contributed by atoms with Crippen LogP contribution >= 0.6 is 12.4 Å². The number of hydrogen-bond donors (Lipinski definition) is 1. The van der Waals surface area contributed by atoms with Crippen molar-refractivity contribution in [2.75, 3.05) is 33.3 Å². The second-order valence-electron chi connectivity index (χ2n) is 6.45. The van der Waals surface area contributed by atoms with Crippen LogP contribution in [-0.2, 0) is 6.18 Å². The predicted octanol–water partition coefficient (Wildman–Crippen LogP) is 4.52. The molecule has 1 aromatic carbocycles. The first-order valence-electron chi connectivity index (χ1n) is 8.58. The Bertz CT molecular complexity index is 534. The highest BCUT2D eigenvalue weighted by molar-refractivity contribution is 5.85. The minimum absolute atomic E-state index is 0. The van der Waals surface area contributed by atoms with Crippen LogP contribution in [0, 0.1) is 5.92 Å². The zero-order chi connectivity index (χ0) is 17.7. The fourth-order valence-corrected chi connectivity index (χ4v) is 3.57. The summed E-state index contributed by atoms with van der Waals surface area (Å²) in [6, 6.07) is 3.97. The molecule has 0 aromatic heterocycles. The predicted molar refractivity (Wildman–Crippen MR) is 96.5 cm³/mol. The molecule has 0 amide bonds. The molecule has 0 radical (unpaired) electrons. The number of methoxy groups -OCH3 is 1. The first-order valence-corrected chi connectivity index (χ1v) is 8.58. The molecule has 1 saturated heterocycles. The van der Waals surface area contributed by atoms with E-state index in [-0.39, 0.29) is 18.4 Å². The van der Waals surface area contributed by atoms with Crippen LogP contribution < -0.4 is 10.1 Å². The van der Waals surface area contributed by atoms with Crippen molar-refractivity contribution in [3.8, 4) is 5.75 Å². The standard InChI is InChI=1S/C18H27F3N2O.ClH/c1-4-5-13(2)17(23-10-8-22-9-11-23)15-7-6-14(18(19,20)21)12-16(15)24-3;/h6-7,12-13,17,22H,4-5,8-11H2,1-3H3;1H/t13?,17-;/m0./s1. The van der Waals surface area contributed by atoms with E-state index < -0.39 is 11.7 Å². The molecule has 1 N–H and O–H groups in total. The maximum atomic E-state index is 13.0. The second-order valence-corrected chi connectivity index (χ2v) is 6.45. The van der Waals surface area contributed by atoms with Gasteiger partial charge in [-0.15, -0.1) is 12.4 Å². The molecule has 0 bridgehead atoms. The fraction of sp³-hybridized carbons (Fsp3) is 0.667. The van der Waals surface area contributed by atoms with Crippen molar-refractivity contribution >= 4 is 12.4 Å². The van der Waals surface area contributed by atoms with Gasteiger partial charge >= 0.3 is 6.18 Å². The number of piperazine rings is 1. The lowest BCUT2D eigenvalue weighted by Gasteiger charge is -2.39. The van der Waals surface area contributed by atoms with Crippen molar-refractivity contribution in [3.63, 3.8) is 0 Å². The van der Waals surface area contributed by atoms with Crippen LogP contribution in [0.3, 0.4) is 0 Å². The summed E-state index contributed by atoms with van der Waals surface area (Å²) in [6.45, 7) is 7.89. The number of hydrogen-bond acceptors (Lipinski definition) is 3. The van der Waals surface area contributed by atoms with Gasteiger partial charge in [-0.25, -0.2) is 0 Å². The summed E-state index contributed by atoms with van der Waals surface area (Å²) in [5.74, 6) is 0.676. The van der Waals surface area contributed by atoms with Gasteiger partial charge in [0.25, 0.3) is 0 Å². The molecule has 1 aliphatic heterocycles. The monoisotopic (exact) mass is 380 g/mol. The van der Waals surface area contributed by atoms with Gasteiger partial charge in [-0.3, -0.25) is 4.90 Å².